The zero-order valence-corrected chi connectivity index (χ0v) is 17.5. The summed E-state index contributed by atoms with van der Waals surface area (Å²) in [5, 5.41) is 12.7. The van der Waals surface area contributed by atoms with Crippen LogP contribution in [0.2, 0.25) is 0 Å². The number of hydrogen-bond donors (Lipinski definition) is 1. The van der Waals surface area contributed by atoms with Crippen LogP contribution >= 0.6 is 23.1 Å². The molecule has 0 atom stereocenters. The molecule has 5 aromatic rings. The monoisotopic (exact) mass is 436 g/mol. The molecule has 8 nitrogen and oxygen atoms in total. The quantitative estimate of drug-likeness (QED) is 0.312. The lowest BCUT2D eigenvalue weighted by Crippen LogP contribution is -2.11. The number of hydrogen-bond acceptors (Lipinski definition) is 9. The topological polar surface area (TPSA) is 105 Å². The van der Waals surface area contributed by atoms with Crippen LogP contribution in [0.5, 0.6) is 0 Å². The summed E-state index contributed by atoms with van der Waals surface area (Å²) < 4.78 is 12.1. The fourth-order valence-electron chi connectivity index (χ4n) is 3.06. The van der Waals surface area contributed by atoms with Crippen molar-refractivity contribution in [3.63, 3.8) is 0 Å². The van der Waals surface area contributed by atoms with Crippen LogP contribution < -0.4 is 5.84 Å². The van der Waals surface area contributed by atoms with Crippen LogP contribution in [-0.2, 0) is 11.3 Å². The third kappa shape index (κ3) is 3.34. The van der Waals surface area contributed by atoms with E-state index < -0.39 is 0 Å². The van der Waals surface area contributed by atoms with Gasteiger partial charge in [-0.3, -0.25) is 0 Å². The van der Waals surface area contributed by atoms with Gasteiger partial charge in [0.2, 0.25) is 11.0 Å². The molecule has 0 unspecified atom stereocenters. The molecule has 1 aromatic carbocycles. The smallest absolute Gasteiger partial charge is 0.218 e. The Bertz CT molecular complexity index is 1300. The first-order chi connectivity index (χ1) is 14.7. The Balaban J connectivity index is 1.63. The Morgan fingerprint density at radius 2 is 2.00 bits per heavy atom. The number of aromatic nitrogens is 5. The molecule has 2 N–H and O–H groups in total. The van der Waals surface area contributed by atoms with Crippen LogP contribution in [0.1, 0.15) is 5.82 Å². The van der Waals surface area contributed by atoms with E-state index in [-0.39, 0.29) is 0 Å². The summed E-state index contributed by atoms with van der Waals surface area (Å²) in [6.45, 7) is 0.315. The highest BCUT2D eigenvalue weighted by atomic mass is 32.2. The molecule has 4 aromatic heterocycles. The average molecular weight is 437 g/mol. The van der Waals surface area contributed by atoms with E-state index in [1.807, 2.05) is 18.2 Å². The Morgan fingerprint density at radius 3 is 2.77 bits per heavy atom. The van der Waals surface area contributed by atoms with Gasteiger partial charge in [-0.1, -0.05) is 30.3 Å². The molecule has 0 radical (unpaired) electrons. The van der Waals surface area contributed by atoms with Crippen molar-refractivity contribution in [2.75, 3.05) is 13.0 Å². The number of nitrogen functional groups attached to an aromatic ring is 1. The van der Waals surface area contributed by atoms with E-state index in [0.29, 0.717) is 29.2 Å². The number of nitrogens with two attached hydrogens (primary N) is 1. The molecule has 4 heterocycles. The average Bonchev–Trinajstić information content (AvgIpc) is 3.50. The van der Waals surface area contributed by atoms with Gasteiger partial charge in [0.05, 0.1) is 11.6 Å². The fourth-order valence-corrected chi connectivity index (χ4v) is 4.99. The van der Waals surface area contributed by atoms with Crippen molar-refractivity contribution in [1.82, 2.24) is 24.8 Å². The summed E-state index contributed by atoms with van der Waals surface area (Å²) in [5.74, 6) is 7.84. The number of fused-ring (bicyclic) bond motifs is 1. The maximum atomic E-state index is 6.25. The van der Waals surface area contributed by atoms with Gasteiger partial charge in [-0.25, -0.2) is 14.6 Å². The van der Waals surface area contributed by atoms with Gasteiger partial charge in [0.15, 0.2) is 11.6 Å². The maximum absolute atomic E-state index is 6.25. The first-order valence-electron chi connectivity index (χ1n) is 8.99. The van der Waals surface area contributed by atoms with Gasteiger partial charge in [-0.15, -0.1) is 21.5 Å². The molecule has 150 valence electrons. The lowest BCUT2D eigenvalue weighted by molar-refractivity contribution is 0.177. The van der Waals surface area contributed by atoms with Crippen molar-refractivity contribution in [2.24, 2.45) is 0 Å². The van der Waals surface area contributed by atoms with E-state index in [4.69, 9.17) is 20.0 Å². The molecule has 0 aliphatic rings. The third-order valence-electron chi connectivity index (χ3n) is 4.40. The van der Waals surface area contributed by atoms with Crippen LogP contribution in [0.4, 0.5) is 0 Å². The Morgan fingerprint density at radius 1 is 1.13 bits per heavy atom. The van der Waals surface area contributed by atoms with Crippen LogP contribution in [0.25, 0.3) is 32.9 Å². The first-order valence-corrected chi connectivity index (χ1v) is 10.7. The number of thiophene rings is 1. The Kier molecular flexibility index (Phi) is 4.95. The predicted molar refractivity (Wildman–Crippen MR) is 116 cm³/mol. The molecule has 0 fully saturated rings. The summed E-state index contributed by atoms with van der Waals surface area (Å²) in [4.78, 5) is 10.3. The number of ether oxygens (including phenoxy) is 1. The maximum Gasteiger partial charge on any atom is 0.218 e. The van der Waals surface area contributed by atoms with Crippen LogP contribution in [-0.4, -0.2) is 32.0 Å². The normalized spacial score (nSPS) is 11.4. The van der Waals surface area contributed by atoms with Gasteiger partial charge in [-0.2, -0.15) is 0 Å². The molecule has 0 aliphatic carbocycles. The van der Waals surface area contributed by atoms with Gasteiger partial charge in [-0.05, 0) is 29.5 Å². The third-order valence-corrected chi connectivity index (χ3v) is 6.22. The first kappa shape index (κ1) is 18.8. The molecule has 0 amide bonds. The van der Waals surface area contributed by atoms with E-state index in [0.717, 1.165) is 26.4 Å². The van der Waals surface area contributed by atoms with E-state index in [1.54, 1.807) is 36.8 Å². The molecule has 5 rings (SSSR count). The van der Waals surface area contributed by atoms with Crippen LogP contribution in [0.3, 0.4) is 0 Å². The molecule has 0 bridgehead atoms. The zero-order chi connectivity index (χ0) is 20.5. The lowest BCUT2D eigenvalue weighted by Gasteiger charge is -2.08. The summed E-state index contributed by atoms with van der Waals surface area (Å²) >= 11 is 2.91. The number of rotatable bonds is 6. The number of benzene rings is 1. The SMILES string of the molecule is COCc1nc(Sc2nnc(-c3ccco3)n2N)c2c(-c3ccccc3)csc2n1. The Hall–Kier alpha value is -3.21. The second-order valence-corrected chi connectivity index (χ2v) is 8.14. The van der Waals surface area contributed by atoms with Crippen molar-refractivity contribution in [3.8, 4) is 22.7 Å². The van der Waals surface area contributed by atoms with Crippen molar-refractivity contribution < 1.29 is 9.15 Å². The Labute approximate surface area is 179 Å². The number of furan rings is 1. The lowest BCUT2D eigenvalue weighted by atomic mass is 10.1. The van der Waals surface area contributed by atoms with Crippen LogP contribution in [0, 0.1) is 0 Å². The van der Waals surface area contributed by atoms with Gasteiger partial charge < -0.3 is 15.0 Å². The van der Waals surface area contributed by atoms with Crippen molar-refractivity contribution >= 4 is 33.3 Å². The number of nitrogens with zero attached hydrogens (tertiary/aromatic N) is 5. The summed E-state index contributed by atoms with van der Waals surface area (Å²) in [6.07, 6.45) is 1.57. The minimum Gasteiger partial charge on any atom is -0.461 e. The highest BCUT2D eigenvalue weighted by Gasteiger charge is 2.20. The summed E-state index contributed by atoms with van der Waals surface area (Å²) in [6, 6.07) is 13.7. The minimum absolute atomic E-state index is 0.315. The van der Waals surface area contributed by atoms with Gasteiger partial charge >= 0.3 is 0 Å². The van der Waals surface area contributed by atoms with E-state index >= 15 is 0 Å². The van der Waals surface area contributed by atoms with E-state index in [9.17, 15) is 0 Å². The summed E-state index contributed by atoms with van der Waals surface area (Å²) in [7, 11) is 1.62. The van der Waals surface area contributed by atoms with Gasteiger partial charge in [0.1, 0.15) is 16.5 Å². The fraction of sp³-hybridized carbons (Fsp3) is 0.100. The molecule has 30 heavy (non-hydrogen) atoms. The van der Waals surface area contributed by atoms with Gasteiger partial charge in [0.25, 0.3) is 0 Å². The molecular formula is C20H16N6O2S2. The largest absolute Gasteiger partial charge is 0.461 e. The predicted octanol–water partition coefficient (Wildman–Crippen LogP) is 4.22. The molecular weight excluding hydrogens is 420 g/mol. The standard InChI is InChI=1S/C20H16N6O2S2/c1-27-10-15-22-18-16(13(11-29-18)12-6-3-2-4-7-12)19(23-15)30-20-25-24-17(26(20)21)14-8-5-9-28-14/h2-9,11H,10,21H2,1H3. The number of methoxy groups -OCH3 is 1. The van der Waals surface area contributed by atoms with Gasteiger partial charge in [0, 0.05) is 18.1 Å². The highest BCUT2D eigenvalue weighted by Crippen LogP contribution is 2.40. The highest BCUT2D eigenvalue weighted by molar-refractivity contribution is 7.99. The molecule has 0 aliphatic heterocycles. The molecule has 10 heteroatoms. The second-order valence-electron chi connectivity index (χ2n) is 6.33. The molecule has 0 saturated carbocycles. The minimum atomic E-state index is 0.315. The van der Waals surface area contributed by atoms with Crippen molar-refractivity contribution in [1.29, 1.82) is 0 Å². The van der Waals surface area contributed by atoms with E-state index in [2.05, 4.69) is 32.7 Å². The molecule has 0 saturated heterocycles. The van der Waals surface area contributed by atoms with E-state index in [1.165, 1.54) is 16.4 Å². The van der Waals surface area contributed by atoms with Crippen LogP contribution in [0.15, 0.2) is 68.7 Å². The van der Waals surface area contributed by atoms with Crippen molar-refractivity contribution in [2.45, 2.75) is 16.8 Å². The second kappa shape index (κ2) is 7.90. The zero-order valence-electron chi connectivity index (χ0n) is 15.8. The van der Waals surface area contributed by atoms with Crippen molar-refractivity contribution in [3.05, 3.63) is 59.9 Å². The summed E-state index contributed by atoms with van der Waals surface area (Å²) in [5.41, 5.74) is 2.16. The molecule has 0 spiro atoms.